The van der Waals surface area contributed by atoms with Crippen molar-refractivity contribution in [3.8, 4) is 0 Å². The molecule has 1 heterocycles. The van der Waals surface area contributed by atoms with E-state index >= 15 is 0 Å². The van der Waals surface area contributed by atoms with Crippen molar-refractivity contribution in [2.24, 2.45) is 0 Å². The average molecular weight is 380 g/mol. The van der Waals surface area contributed by atoms with Crippen LogP contribution in [0.2, 0.25) is 0 Å². The molecule has 0 aliphatic heterocycles. The van der Waals surface area contributed by atoms with E-state index < -0.39 is 5.82 Å². The Labute approximate surface area is 138 Å². The van der Waals surface area contributed by atoms with Crippen LogP contribution in [0.5, 0.6) is 0 Å². The Morgan fingerprint density at radius 3 is 2.91 bits per heavy atom. The number of carbonyl (C=O) groups is 1. The third kappa shape index (κ3) is 3.48. The minimum absolute atomic E-state index is 0.148. The van der Waals surface area contributed by atoms with Gasteiger partial charge < -0.3 is 10.3 Å². The Kier molecular flexibility index (Phi) is 4.44. The van der Waals surface area contributed by atoms with E-state index in [1.165, 1.54) is 23.9 Å². The van der Waals surface area contributed by atoms with Gasteiger partial charge >= 0.3 is 0 Å². The number of amides is 1. The fourth-order valence-corrected chi connectivity index (χ4v) is 2.93. The molecule has 0 saturated carbocycles. The van der Waals surface area contributed by atoms with Gasteiger partial charge in [-0.2, -0.15) is 0 Å². The van der Waals surface area contributed by atoms with E-state index in [1.807, 2.05) is 24.3 Å². The number of benzene rings is 2. The first kappa shape index (κ1) is 15.1. The number of para-hydroxylation sites is 2. The zero-order valence-corrected chi connectivity index (χ0v) is 13.7. The number of H-pyrrole nitrogens is 1. The van der Waals surface area contributed by atoms with E-state index in [1.54, 1.807) is 6.07 Å². The van der Waals surface area contributed by atoms with Crippen molar-refractivity contribution >= 4 is 50.3 Å². The molecule has 0 spiro atoms. The molecule has 0 aliphatic carbocycles. The van der Waals surface area contributed by atoms with Gasteiger partial charge in [0.2, 0.25) is 5.91 Å². The first-order valence-electron chi connectivity index (χ1n) is 6.44. The van der Waals surface area contributed by atoms with E-state index in [0.29, 0.717) is 9.63 Å². The molecule has 1 aromatic heterocycles. The molecule has 3 aromatic rings. The summed E-state index contributed by atoms with van der Waals surface area (Å²) in [6.07, 6.45) is 0. The number of fused-ring (bicyclic) bond motifs is 1. The number of hydrogen-bond acceptors (Lipinski definition) is 3. The molecular formula is C15H11BrFN3OS. The highest BCUT2D eigenvalue weighted by atomic mass is 79.9. The molecule has 112 valence electrons. The number of anilines is 1. The highest BCUT2D eigenvalue weighted by Crippen LogP contribution is 2.21. The zero-order chi connectivity index (χ0) is 15.5. The summed E-state index contributed by atoms with van der Waals surface area (Å²) in [6, 6.07) is 12.1. The van der Waals surface area contributed by atoms with Gasteiger partial charge in [0.25, 0.3) is 0 Å². The molecule has 4 nitrogen and oxygen atoms in total. The number of hydrogen-bond donors (Lipinski definition) is 2. The summed E-state index contributed by atoms with van der Waals surface area (Å²) < 4.78 is 14.3. The molecule has 7 heteroatoms. The van der Waals surface area contributed by atoms with E-state index in [4.69, 9.17) is 0 Å². The fourth-order valence-electron chi connectivity index (χ4n) is 1.91. The summed E-state index contributed by atoms with van der Waals surface area (Å²) in [6.45, 7) is 0. The SMILES string of the molecule is O=C(CSc1nc2ccccc2[nH]1)Nc1ccc(Br)cc1F. The van der Waals surface area contributed by atoms with Gasteiger partial charge in [0.1, 0.15) is 5.82 Å². The molecule has 3 rings (SSSR count). The largest absolute Gasteiger partial charge is 0.333 e. The number of aromatic amines is 1. The highest BCUT2D eigenvalue weighted by Gasteiger charge is 2.10. The molecule has 1 amide bonds. The lowest BCUT2D eigenvalue weighted by molar-refractivity contribution is -0.113. The summed E-state index contributed by atoms with van der Waals surface area (Å²) in [5.41, 5.74) is 1.94. The van der Waals surface area contributed by atoms with Crippen molar-refractivity contribution < 1.29 is 9.18 Å². The number of nitrogens with one attached hydrogen (secondary N) is 2. The molecule has 0 fully saturated rings. The van der Waals surface area contributed by atoms with Gasteiger partial charge in [-0.1, -0.05) is 39.8 Å². The Bertz CT molecular complexity index is 804. The maximum atomic E-state index is 13.6. The van der Waals surface area contributed by atoms with Gasteiger partial charge in [0.15, 0.2) is 5.16 Å². The second-order valence-corrected chi connectivity index (χ2v) is 6.40. The highest BCUT2D eigenvalue weighted by molar-refractivity contribution is 9.10. The Balaban J connectivity index is 1.62. The van der Waals surface area contributed by atoms with Crippen LogP contribution in [-0.2, 0) is 4.79 Å². The van der Waals surface area contributed by atoms with Gasteiger partial charge in [0, 0.05) is 4.47 Å². The Hall–Kier alpha value is -1.86. The molecular weight excluding hydrogens is 369 g/mol. The molecule has 0 radical (unpaired) electrons. The van der Waals surface area contributed by atoms with Gasteiger partial charge in [-0.05, 0) is 30.3 Å². The average Bonchev–Trinajstić information content (AvgIpc) is 2.91. The van der Waals surface area contributed by atoms with E-state index in [0.717, 1.165) is 11.0 Å². The van der Waals surface area contributed by atoms with Crippen LogP contribution in [0.4, 0.5) is 10.1 Å². The lowest BCUT2D eigenvalue weighted by atomic mass is 10.3. The molecule has 0 aliphatic rings. The van der Waals surface area contributed by atoms with Crippen molar-refractivity contribution in [2.75, 3.05) is 11.1 Å². The number of halogens is 2. The summed E-state index contributed by atoms with van der Waals surface area (Å²) in [7, 11) is 0. The molecule has 22 heavy (non-hydrogen) atoms. The van der Waals surface area contributed by atoms with Crippen molar-refractivity contribution in [1.82, 2.24) is 9.97 Å². The summed E-state index contributed by atoms with van der Waals surface area (Å²) in [5, 5.41) is 3.20. The molecule has 2 aromatic carbocycles. The first-order chi connectivity index (χ1) is 10.6. The predicted molar refractivity (Wildman–Crippen MR) is 89.5 cm³/mol. The Morgan fingerprint density at radius 2 is 2.14 bits per heavy atom. The van der Waals surface area contributed by atoms with E-state index in [9.17, 15) is 9.18 Å². The van der Waals surface area contributed by atoms with Crippen LogP contribution in [0.15, 0.2) is 52.1 Å². The summed E-state index contributed by atoms with van der Waals surface area (Å²) >= 11 is 4.44. The van der Waals surface area contributed by atoms with Gasteiger partial charge in [0.05, 0.1) is 22.5 Å². The van der Waals surface area contributed by atoms with E-state index in [-0.39, 0.29) is 17.3 Å². The van der Waals surface area contributed by atoms with Crippen LogP contribution in [-0.4, -0.2) is 21.6 Å². The van der Waals surface area contributed by atoms with E-state index in [2.05, 4.69) is 31.2 Å². The van der Waals surface area contributed by atoms with Crippen LogP contribution in [0.3, 0.4) is 0 Å². The maximum absolute atomic E-state index is 13.6. The number of aromatic nitrogens is 2. The first-order valence-corrected chi connectivity index (χ1v) is 8.22. The Morgan fingerprint density at radius 1 is 1.32 bits per heavy atom. The maximum Gasteiger partial charge on any atom is 0.234 e. The van der Waals surface area contributed by atoms with Gasteiger partial charge in [-0.15, -0.1) is 0 Å². The number of rotatable bonds is 4. The lowest BCUT2D eigenvalue weighted by Gasteiger charge is -2.05. The zero-order valence-electron chi connectivity index (χ0n) is 11.3. The molecule has 0 atom stereocenters. The van der Waals surface area contributed by atoms with Crippen LogP contribution in [0, 0.1) is 5.82 Å². The molecule has 0 unspecified atom stereocenters. The minimum Gasteiger partial charge on any atom is -0.333 e. The summed E-state index contributed by atoms with van der Waals surface area (Å²) in [4.78, 5) is 19.4. The quantitative estimate of drug-likeness (QED) is 0.668. The van der Waals surface area contributed by atoms with Gasteiger partial charge in [-0.25, -0.2) is 9.37 Å². The predicted octanol–water partition coefficient (Wildman–Crippen LogP) is 4.20. The fraction of sp³-hybridized carbons (Fsp3) is 0.0667. The topological polar surface area (TPSA) is 57.8 Å². The molecule has 0 saturated heterocycles. The van der Waals surface area contributed by atoms with Crippen LogP contribution < -0.4 is 5.32 Å². The van der Waals surface area contributed by atoms with Crippen molar-refractivity contribution in [1.29, 1.82) is 0 Å². The van der Waals surface area contributed by atoms with Crippen LogP contribution in [0.25, 0.3) is 11.0 Å². The summed E-state index contributed by atoms with van der Waals surface area (Å²) in [5.74, 6) is -0.613. The third-order valence-electron chi connectivity index (χ3n) is 2.91. The minimum atomic E-state index is -0.475. The number of nitrogens with zero attached hydrogens (tertiary/aromatic N) is 1. The standard InChI is InChI=1S/C15H11BrFN3OS/c16-9-5-6-11(10(17)7-9)18-14(21)8-22-15-19-12-3-1-2-4-13(12)20-15/h1-7H,8H2,(H,18,21)(H,19,20). The number of imidazole rings is 1. The van der Waals surface area contributed by atoms with Crippen molar-refractivity contribution in [3.63, 3.8) is 0 Å². The van der Waals surface area contributed by atoms with Crippen LogP contribution >= 0.6 is 27.7 Å². The number of thioether (sulfide) groups is 1. The second kappa shape index (κ2) is 6.50. The van der Waals surface area contributed by atoms with Crippen molar-refractivity contribution in [3.05, 3.63) is 52.8 Å². The monoisotopic (exact) mass is 379 g/mol. The van der Waals surface area contributed by atoms with Crippen LogP contribution in [0.1, 0.15) is 0 Å². The second-order valence-electron chi connectivity index (χ2n) is 4.52. The number of carbonyl (C=O) groups excluding carboxylic acids is 1. The third-order valence-corrected chi connectivity index (χ3v) is 4.28. The normalized spacial score (nSPS) is 10.8. The smallest absolute Gasteiger partial charge is 0.234 e. The lowest BCUT2D eigenvalue weighted by Crippen LogP contribution is -2.15. The molecule has 2 N–H and O–H groups in total. The van der Waals surface area contributed by atoms with Gasteiger partial charge in [-0.3, -0.25) is 4.79 Å². The molecule has 0 bridgehead atoms. The van der Waals surface area contributed by atoms with Crippen molar-refractivity contribution in [2.45, 2.75) is 5.16 Å².